The molecule has 134 valence electrons. The molecule has 7 heteroatoms. The molecule has 0 atom stereocenters. The van der Waals surface area contributed by atoms with Crippen molar-refractivity contribution in [1.82, 2.24) is 14.6 Å². The molecular weight excluding hydrogens is 332 g/mol. The number of para-hydroxylation sites is 1. The number of carbonyl (C=O) groups excluding carboxylic acids is 2. The molecule has 1 aromatic carbocycles. The molecule has 2 heterocycles. The number of fused-ring (bicyclic) bond motifs is 1. The first-order valence-electron chi connectivity index (χ1n) is 8.49. The van der Waals surface area contributed by atoms with Crippen molar-refractivity contribution < 1.29 is 14.3 Å². The Morgan fingerprint density at radius 2 is 2.00 bits per heavy atom. The molecule has 0 fully saturated rings. The van der Waals surface area contributed by atoms with E-state index in [0.29, 0.717) is 29.1 Å². The lowest BCUT2D eigenvalue weighted by Crippen LogP contribution is -2.16. The van der Waals surface area contributed by atoms with E-state index >= 15 is 0 Å². The fraction of sp³-hybridized carbons (Fsp3) is 0.263. The van der Waals surface area contributed by atoms with Crippen molar-refractivity contribution in [1.29, 1.82) is 0 Å². The van der Waals surface area contributed by atoms with Gasteiger partial charge in [0.15, 0.2) is 5.65 Å². The Morgan fingerprint density at radius 3 is 2.81 bits per heavy atom. The first-order valence-corrected chi connectivity index (χ1v) is 8.49. The predicted octanol–water partition coefficient (Wildman–Crippen LogP) is 3.25. The molecule has 0 aliphatic carbocycles. The van der Waals surface area contributed by atoms with Crippen LogP contribution in [0.15, 0.2) is 42.6 Å². The number of hydrogen-bond donors (Lipinski definition) is 1. The zero-order chi connectivity index (χ0) is 18.5. The molecule has 0 aliphatic rings. The zero-order valence-corrected chi connectivity index (χ0v) is 14.7. The fourth-order valence-corrected chi connectivity index (χ4v) is 2.50. The number of nitrogens with one attached hydrogen (secondary N) is 1. The highest BCUT2D eigenvalue weighted by Gasteiger charge is 2.16. The van der Waals surface area contributed by atoms with Gasteiger partial charge < -0.3 is 10.1 Å². The molecule has 0 saturated carbocycles. The number of pyridine rings is 1. The molecule has 26 heavy (non-hydrogen) atoms. The Bertz CT molecular complexity index is 949. The maximum absolute atomic E-state index is 12.6. The Kier molecular flexibility index (Phi) is 5.26. The van der Waals surface area contributed by atoms with Gasteiger partial charge in [-0.25, -0.2) is 4.79 Å². The van der Waals surface area contributed by atoms with Gasteiger partial charge in [-0.15, -0.1) is 10.2 Å². The summed E-state index contributed by atoms with van der Waals surface area (Å²) in [5.41, 5.74) is 1.76. The summed E-state index contributed by atoms with van der Waals surface area (Å²) in [6, 6.07) is 10.1. The van der Waals surface area contributed by atoms with E-state index in [-0.39, 0.29) is 5.91 Å². The van der Waals surface area contributed by atoms with Crippen LogP contribution in [0.2, 0.25) is 0 Å². The molecule has 0 aliphatic heterocycles. The number of amides is 1. The largest absolute Gasteiger partial charge is 0.462 e. The lowest BCUT2D eigenvalue weighted by atomic mass is 10.1. The summed E-state index contributed by atoms with van der Waals surface area (Å²) in [5, 5.41) is 10.8. The maximum atomic E-state index is 12.6. The van der Waals surface area contributed by atoms with Gasteiger partial charge in [0.05, 0.1) is 17.9 Å². The number of ether oxygens (including phenoxy) is 1. The number of esters is 1. The average Bonchev–Trinajstić information content (AvgIpc) is 3.02. The maximum Gasteiger partial charge on any atom is 0.340 e. The Morgan fingerprint density at radius 1 is 1.19 bits per heavy atom. The second kappa shape index (κ2) is 7.77. The SMILES string of the molecule is CCCCOC(=O)c1ccccc1NC(=O)c1ccn2c(C)nnc2c1. The van der Waals surface area contributed by atoms with Gasteiger partial charge in [0.1, 0.15) is 5.82 Å². The van der Waals surface area contributed by atoms with Crippen LogP contribution in [0.25, 0.3) is 5.65 Å². The average molecular weight is 352 g/mol. The minimum absolute atomic E-state index is 0.330. The van der Waals surface area contributed by atoms with Crippen molar-refractivity contribution in [2.45, 2.75) is 26.7 Å². The normalized spacial score (nSPS) is 10.7. The number of carbonyl (C=O) groups is 2. The van der Waals surface area contributed by atoms with Crippen LogP contribution in [0.1, 0.15) is 46.3 Å². The number of hydrogen-bond acceptors (Lipinski definition) is 5. The summed E-state index contributed by atoms with van der Waals surface area (Å²) in [7, 11) is 0. The fourth-order valence-electron chi connectivity index (χ4n) is 2.50. The smallest absolute Gasteiger partial charge is 0.340 e. The van der Waals surface area contributed by atoms with E-state index in [1.807, 2.05) is 13.8 Å². The summed E-state index contributed by atoms with van der Waals surface area (Å²) in [6.45, 7) is 4.22. The number of nitrogens with zero attached hydrogens (tertiary/aromatic N) is 3. The van der Waals surface area contributed by atoms with E-state index < -0.39 is 5.97 Å². The third kappa shape index (κ3) is 3.72. The van der Waals surface area contributed by atoms with Gasteiger partial charge in [0, 0.05) is 11.8 Å². The van der Waals surface area contributed by atoms with Crippen molar-refractivity contribution in [2.75, 3.05) is 11.9 Å². The Balaban J connectivity index is 1.79. The van der Waals surface area contributed by atoms with Gasteiger partial charge in [0.2, 0.25) is 0 Å². The van der Waals surface area contributed by atoms with Crippen LogP contribution in [0.4, 0.5) is 5.69 Å². The number of unbranched alkanes of at least 4 members (excludes halogenated alkanes) is 1. The number of rotatable bonds is 6. The van der Waals surface area contributed by atoms with E-state index in [0.717, 1.165) is 18.7 Å². The summed E-state index contributed by atoms with van der Waals surface area (Å²) in [6.07, 6.45) is 3.48. The first kappa shape index (κ1) is 17.6. The Hall–Kier alpha value is -3.22. The van der Waals surface area contributed by atoms with E-state index in [2.05, 4.69) is 15.5 Å². The predicted molar refractivity (Wildman–Crippen MR) is 97.3 cm³/mol. The standard InChI is InChI=1S/C19H20N4O3/c1-3-4-11-26-19(25)15-7-5-6-8-16(15)20-18(24)14-9-10-23-13(2)21-22-17(23)12-14/h5-10,12H,3-4,11H2,1-2H3,(H,20,24). The molecule has 2 aromatic heterocycles. The summed E-state index contributed by atoms with van der Waals surface area (Å²) >= 11 is 0. The number of anilines is 1. The molecular formula is C19H20N4O3. The monoisotopic (exact) mass is 352 g/mol. The highest BCUT2D eigenvalue weighted by Crippen LogP contribution is 2.18. The molecule has 0 unspecified atom stereocenters. The van der Waals surface area contributed by atoms with Crippen molar-refractivity contribution in [3.8, 4) is 0 Å². The van der Waals surface area contributed by atoms with Crippen LogP contribution in [0.5, 0.6) is 0 Å². The summed E-state index contributed by atoms with van der Waals surface area (Å²) in [4.78, 5) is 24.8. The zero-order valence-electron chi connectivity index (χ0n) is 14.7. The van der Waals surface area contributed by atoms with E-state index in [1.54, 1.807) is 47.0 Å². The molecule has 7 nitrogen and oxygen atoms in total. The van der Waals surface area contributed by atoms with Gasteiger partial charge in [-0.05, 0) is 37.6 Å². The third-order valence-corrected chi connectivity index (χ3v) is 3.97. The van der Waals surface area contributed by atoms with Crippen molar-refractivity contribution >= 4 is 23.2 Å². The van der Waals surface area contributed by atoms with Crippen molar-refractivity contribution in [3.05, 3.63) is 59.5 Å². The first-order chi connectivity index (χ1) is 12.6. The van der Waals surface area contributed by atoms with Gasteiger partial charge in [-0.2, -0.15) is 0 Å². The highest BCUT2D eigenvalue weighted by molar-refractivity contribution is 6.08. The molecule has 0 spiro atoms. The summed E-state index contributed by atoms with van der Waals surface area (Å²) < 4.78 is 7.03. The topological polar surface area (TPSA) is 85.6 Å². The molecule has 3 aromatic rings. The van der Waals surface area contributed by atoms with E-state index in [4.69, 9.17) is 4.74 Å². The summed E-state index contributed by atoms with van der Waals surface area (Å²) in [5.74, 6) is -0.0352. The van der Waals surface area contributed by atoms with Crippen LogP contribution >= 0.6 is 0 Å². The van der Waals surface area contributed by atoms with Gasteiger partial charge in [-0.3, -0.25) is 9.20 Å². The number of aryl methyl sites for hydroxylation is 1. The van der Waals surface area contributed by atoms with Crippen molar-refractivity contribution in [3.63, 3.8) is 0 Å². The van der Waals surface area contributed by atoms with Crippen LogP contribution in [-0.4, -0.2) is 33.1 Å². The second-order valence-electron chi connectivity index (χ2n) is 5.88. The molecule has 0 bridgehead atoms. The molecule has 3 rings (SSSR count). The minimum atomic E-state index is -0.446. The van der Waals surface area contributed by atoms with Crippen molar-refractivity contribution in [2.24, 2.45) is 0 Å². The van der Waals surface area contributed by atoms with E-state index in [1.165, 1.54) is 0 Å². The lowest BCUT2D eigenvalue weighted by molar-refractivity contribution is 0.0501. The van der Waals surface area contributed by atoms with Crippen LogP contribution in [0, 0.1) is 6.92 Å². The lowest BCUT2D eigenvalue weighted by Gasteiger charge is -2.11. The van der Waals surface area contributed by atoms with Crippen LogP contribution in [0.3, 0.4) is 0 Å². The molecule has 0 saturated heterocycles. The second-order valence-corrected chi connectivity index (χ2v) is 5.88. The molecule has 1 amide bonds. The van der Waals surface area contributed by atoms with Gasteiger partial charge in [0.25, 0.3) is 5.91 Å². The van der Waals surface area contributed by atoms with Gasteiger partial charge in [-0.1, -0.05) is 25.5 Å². The quantitative estimate of drug-likeness (QED) is 0.544. The van der Waals surface area contributed by atoms with Gasteiger partial charge >= 0.3 is 5.97 Å². The van der Waals surface area contributed by atoms with Crippen LogP contribution in [-0.2, 0) is 4.74 Å². The Labute approximate surface area is 151 Å². The number of aromatic nitrogens is 3. The highest BCUT2D eigenvalue weighted by atomic mass is 16.5. The van der Waals surface area contributed by atoms with E-state index in [9.17, 15) is 9.59 Å². The molecule has 1 N–H and O–H groups in total. The minimum Gasteiger partial charge on any atom is -0.462 e. The molecule has 0 radical (unpaired) electrons. The van der Waals surface area contributed by atoms with Crippen LogP contribution < -0.4 is 5.32 Å². The third-order valence-electron chi connectivity index (χ3n) is 3.97. The number of benzene rings is 1.